The number of carbonyl (C=O) groups is 2. The third-order valence-corrected chi connectivity index (χ3v) is 5.10. The van der Waals surface area contributed by atoms with Crippen LogP contribution in [0.3, 0.4) is 0 Å². The topological polar surface area (TPSA) is 104 Å². The lowest BCUT2D eigenvalue weighted by molar-refractivity contribution is -0.116. The molecule has 0 radical (unpaired) electrons. The summed E-state index contributed by atoms with van der Waals surface area (Å²) >= 11 is 0. The van der Waals surface area contributed by atoms with Gasteiger partial charge < -0.3 is 23.7 Å². The van der Waals surface area contributed by atoms with Crippen LogP contribution in [0.15, 0.2) is 57.5 Å². The summed E-state index contributed by atoms with van der Waals surface area (Å²) in [6.07, 6.45) is 0.620. The third kappa shape index (κ3) is 4.34. The molecule has 0 aliphatic carbocycles. The Balaban J connectivity index is 1.49. The number of furan rings is 1. The molecule has 0 aliphatic rings. The van der Waals surface area contributed by atoms with Crippen LogP contribution in [0.2, 0.25) is 0 Å². The number of fused-ring (bicyclic) bond motifs is 1. The first-order valence-corrected chi connectivity index (χ1v) is 10.00. The Morgan fingerprint density at radius 2 is 1.91 bits per heavy atom. The van der Waals surface area contributed by atoms with E-state index in [-0.39, 0.29) is 23.9 Å². The standard InChI is InChI=1S/C24H22N2O6/c1-14-19-12-16(25-21(27)10-8-18-13-22(30-3)26-32-18)7-9-20(19)31-24(14)23(28)15-5-4-6-17(11-15)29-2/h4-7,9,11-13H,8,10H2,1-3H3,(H,25,27). The molecule has 1 N–H and O–H groups in total. The maximum absolute atomic E-state index is 13.0. The molecule has 0 unspecified atom stereocenters. The van der Waals surface area contributed by atoms with Crippen molar-refractivity contribution in [3.05, 3.63) is 71.2 Å². The Bertz CT molecular complexity index is 1290. The summed E-state index contributed by atoms with van der Waals surface area (Å²) in [5.41, 5.74) is 2.36. The van der Waals surface area contributed by atoms with E-state index < -0.39 is 0 Å². The van der Waals surface area contributed by atoms with E-state index in [0.717, 1.165) is 5.39 Å². The van der Waals surface area contributed by atoms with Gasteiger partial charge in [0, 0.05) is 41.1 Å². The van der Waals surface area contributed by atoms with Gasteiger partial charge in [-0.2, -0.15) is 0 Å². The van der Waals surface area contributed by atoms with Crippen LogP contribution in [-0.2, 0) is 11.2 Å². The maximum atomic E-state index is 13.0. The van der Waals surface area contributed by atoms with Gasteiger partial charge in [0.05, 0.1) is 14.2 Å². The molecule has 8 heteroatoms. The Labute approximate surface area is 184 Å². The van der Waals surface area contributed by atoms with Gasteiger partial charge in [-0.3, -0.25) is 9.59 Å². The molecule has 8 nitrogen and oxygen atoms in total. The van der Waals surface area contributed by atoms with E-state index >= 15 is 0 Å². The van der Waals surface area contributed by atoms with Crippen LogP contribution in [0.1, 0.15) is 33.9 Å². The first-order valence-electron chi connectivity index (χ1n) is 10.00. The lowest BCUT2D eigenvalue weighted by Gasteiger charge is -2.04. The molecule has 1 amide bonds. The average molecular weight is 434 g/mol. The van der Waals surface area contributed by atoms with Crippen LogP contribution in [0.5, 0.6) is 11.6 Å². The Kier molecular flexibility index (Phi) is 5.93. The van der Waals surface area contributed by atoms with Gasteiger partial charge in [0.15, 0.2) is 5.76 Å². The van der Waals surface area contributed by atoms with Crippen LogP contribution in [0.4, 0.5) is 5.69 Å². The number of nitrogens with zero attached hydrogens (tertiary/aromatic N) is 1. The zero-order valence-corrected chi connectivity index (χ0v) is 17.9. The minimum absolute atomic E-state index is 0.173. The van der Waals surface area contributed by atoms with Gasteiger partial charge >= 0.3 is 0 Å². The van der Waals surface area contributed by atoms with Crippen molar-refractivity contribution in [2.24, 2.45) is 0 Å². The third-order valence-electron chi connectivity index (χ3n) is 5.10. The number of methoxy groups -OCH3 is 2. The average Bonchev–Trinajstić information content (AvgIpc) is 3.41. The Hall–Kier alpha value is -4.07. The van der Waals surface area contributed by atoms with Crippen molar-refractivity contribution < 1.29 is 28.0 Å². The Morgan fingerprint density at radius 3 is 2.66 bits per heavy atom. The van der Waals surface area contributed by atoms with Gasteiger partial charge in [-0.25, -0.2) is 0 Å². The number of nitrogens with one attached hydrogen (secondary N) is 1. The van der Waals surface area contributed by atoms with Gasteiger partial charge in [0.2, 0.25) is 11.7 Å². The van der Waals surface area contributed by atoms with Gasteiger partial charge in [0.25, 0.3) is 5.88 Å². The highest BCUT2D eigenvalue weighted by Gasteiger charge is 2.20. The van der Waals surface area contributed by atoms with Crippen molar-refractivity contribution in [1.29, 1.82) is 0 Å². The fourth-order valence-electron chi connectivity index (χ4n) is 3.38. The number of amides is 1. The number of ether oxygens (including phenoxy) is 2. The lowest BCUT2D eigenvalue weighted by Crippen LogP contribution is -2.12. The second kappa shape index (κ2) is 8.97. The predicted molar refractivity (Wildman–Crippen MR) is 117 cm³/mol. The molecule has 0 fully saturated rings. The summed E-state index contributed by atoms with van der Waals surface area (Å²) in [5, 5.41) is 7.34. The molecule has 0 spiro atoms. The SMILES string of the molecule is COc1cccc(C(=O)c2oc3ccc(NC(=O)CCc4cc(OC)no4)cc3c2C)c1. The lowest BCUT2D eigenvalue weighted by atomic mass is 10.0. The maximum Gasteiger partial charge on any atom is 0.254 e. The molecule has 32 heavy (non-hydrogen) atoms. The van der Waals surface area contributed by atoms with Crippen molar-refractivity contribution >= 4 is 28.3 Å². The Morgan fingerprint density at radius 1 is 1.06 bits per heavy atom. The van der Waals surface area contributed by atoms with E-state index in [1.807, 2.05) is 6.92 Å². The number of ketones is 1. The number of hydrogen-bond acceptors (Lipinski definition) is 7. The number of aromatic nitrogens is 1. The van der Waals surface area contributed by atoms with E-state index in [0.29, 0.717) is 46.2 Å². The van der Waals surface area contributed by atoms with E-state index in [4.69, 9.17) is 18.4 Å². The minimum atomic E-state index is -0.231. The number of rotatable bonds is 8. The second-order valence-electron chi connectivity index (χ2n) is 7.21. The summed E-state index contributed by atoms with van der Waals surface area (Å²) in [5.74, 6) is 1.40. The van der Waals surface area contributed by atoms with Crippen LogP contribution < -0.4 is 14.8 Å². The van der Waals surface area contributed by atoms with Crippen molar-refractivity contribution in [2.45, 2.75) is 19.8 Å². The summed E-state index contributed by atoms with van der Waals surface area (Å²) in [4.78, 5) is 25.3. The normalized spacial score (nSPS) is 10.8. The van der Waals surface area contributed by atoms with Crippen LogP contribution in [0, 0.1) is 6.92 Å². The van der Waals surface area contributed by atoms with E-state index in [1.165, 1.54) is 7.11 Å². The van der Waals surface area contributed by atoms with Crippen LogP contribution in [0.25, 0.3) is 11.0 Å². The number of aryl methyl sites for hydroxylation is 2. The highest BCUT2D eigenvalue weighted by Crippen LogP contribution is 2.30. The molecule has 0 bridgehead atoms. The fraction of sp³-hybridized carbons (Fsp3) is 0.208. The van der Waals surface area contributed by atoms with Gasteiger partial charge in [0.1, 0.15) is 17.1 Å². The molecule has 2 heterocycles. The molecule has 4 aromatic rings. The van der Waals surface area contributed by atoms with E-state index in [2.05, 4.69) is 10.5 Å². The van der Waals surface area contributed by atoms with Crippen molar-refractivity contribution in [2.75, 3.05) is 19.5 Å². The van der Waals surface area contributed by atoms with Crippen LogP contribution in [-0.4, -0.2) is 31.1 Å². The van der Waals surface area contributed by atoms with Gasteiger partial charge in [-0.05, 0) is 42.4 Å². The molecular formula is C24H22N2O6. The highest BCUT2D eigenvalue weighted by molar-refractivity contribution is 6.11. The smallest absolute Gasteiger partial charge is 0.254 e. The number of hydrogen-bond donors (Lipinski definition) is 1. The zero-order valence-electron chi connectivity index (χ0n) is 17.9. The fourth-order valence-corrected chi connectivity index (χ4v) is 3.38. The summed E-state index contributed by atoms with van der Waals surface area (Å²) in [6, 6.07) is 13.8. The van der Waals surface area contributed by atoms with Gasteiger partial charge in [-0.1, -0.05) is 12.1 Å². The molecule has 0 atom stereocenters. The van der Waals surface area contributed by atoms with Crippen molar-refractivity contribution in [3.63, 3.8) is 0 Å². The summed E-state index contributed by atoms with van der Waals surface area (Å²) in [7, 11) is 3.05. The second-order valence-corrected chi connectivity index (χ2v) is 7.21. The quantitative estimate of drug-likeness (QED) is 0.406. The monoisotopic (exact) mass is 434 g/mol. The van der Waals surface area contributed by atoms with Gasteiger partial charge in [-0.15, -0.1) is 0 Å². The molecule has 164 valence electrons. The number of anilines is 1. The largest absolute Gasteiger partial charge is 0.497 e. The molecule has 0 aliphatic heterocycles. The van der Waals surface area contributed by atoms with E-state index in [1.54, 1.807) is 55.6 Å². The van der Waals surface area contributed by atoms with E-state index in [9.17, 15) is 9.59 Å². The minimum Gasteiger partial charge on any atom is -0.497 e. The molecule has 2 aromatic heterocycles. The zero-order chi connectivity index (χ0) is 22.7. The molecule has 0 saturated carbocycles. The first kappa shape index (κ1) is 21.2. The van der Waals surface area contributed by atoms with Crippen LogP contribution >= 0.6 is 0 Å². The molecule has 4 rings (SSSR count). The molecule has 0 saturated heterocycles. The first-order chi connectivity index (χ1) is 15.5. The van der Waals surface area contributed by atoms with Crippen molar-refractivity contribution in [3.8, 4) is 11.6 Å². The summed E-state index contributed by atoms with van der Waals surface area (Å²) in [6.45, 7) is 1.82. The van der Waals surface area contributed by atoms with Crippen molar-refractivity contribution in [1.82, 2.24) is 5.16 Å². The number of carbonyl (C=O) groups excluding carboxylic acids is 2. The molecular weight excluding hydrogens is 412 g/mol. The predicted octanol–water partition coefficient (Wildman–Crippen LogP) is 4.55. The number of benzene rings is 2. The highest BCUT2D eigenvalue weighted by atomic mass is 16.5. The molecule has 2 aromatic carbocycles. The summed E-state index contributed by atoms with van der Waals surface area (Å²) < 4.78 is 21.1.